The lowest BCUT2D eigenvalue weighted by molar-refractivity contribution is 0.259. The van der Waals surface area contributed by atoms with Crippen molar-refractivity contribution >= 4 is 28.9 Å². The molecule has 0 aliphatic carbocycles. The summed E-state index contributed by atoms with van der Waals surface area (Å²) in [5.41, 5.74) is 2.66. The molecule has 7 heteroatoms. The Bertz CT molecular complexity index is 736. The van der Waals surface area contributed by atoms with Gasteiger partial charge in [0, 0.05) is 64.1 Å². The molecule has 0 unspecified atom stereocenters. The molecule has 136 valence electrons. The van der Waals surface area contributed by atoms with Crippen LogP contribution in [0.5, 0.6) is 0 Å². The molecule has 1 N–H and O–H groups in total. The molecule has 3 rings (SSSR count). The van der Waals surface area contributed by atoms with E-state index in [1.54, 1.807) is 4.88 Å². The van der Waals surface area contributed by atoms with Crippen molar-refractivity contribution in [3.63, 3.8) is 0 Å². The molecule has 0 aromatic carbocycles. The number of fused-ring (bicyclic) bond motifs is 1. The van der Waals surface area contributed by atoms with Crippen LogP contribution in [0.25, 0.3) is 0 Å². The first kappa shape index (κ1) is 18.3. The molecule has 3 heterocycles. The standard InChI is InChI=1S/C18H26ClN5S/c1-20-18(23(3)13-16-10-15(19)12-22(16)2)21-6-8-24-7-4-17-14(11-24)5-9-25-17/h5,9-10,12H,4,6-8,11,13H2,1-3H3,(H,20,21). The lowest BCUT2D eigenvalue weighted by atomic mass is 10.1. The predicted molar refractivity (Wildman–Crippen MR) is 107 cm³/mol. The molecule has 0 amide bonds. The van der Waals surface area contributed by atoms with E-state index in [1.165, 1.54) is 12.0 Å². The van der Waals surface area contributed by atoms with Gasteiger partial charge in [0.15, 0.2) is 5.96 Å². The lowest BCUT2D eigenvalue weighted by Gasteiger charge is -2.28. The fraction of sp³-hybridized carbons (Fsp3) is 0.500. The van der Waals surface area contributed by atoms with E-state index in [1.807, 2.05) is 37.7 Å². The van der Waals surface area contributed by atoms with E-state index >= 15 is 0 Å². The fourth-order valence-corrected chi connectivity index (χ4v) is 4.41. The Morgan fingerprint density at radius 1 is 1.48 bits per heavy atom. The van der Waals surface area contributed by atoms with Crippen LogP contribution < -0.4 is 5.32 Å². The molecule has 1 aliphatic heterocycles. The molecule has 0 atom stereocenters. The minimum atomic E-state index is 0.769. The van der Waals surface area contributed by atoms with Crippen molar-refractivity contribution in [1.29, 1.82) is 0 Å². The molecular formula is C18H26ClN5S. The Morgan fingerprint density at radius 2 is 2.32 bits per heavy atom. The van der Waals surface area contributed by atoms with Crippen molar-refractivity contribution in [3.05, 3.63) is 44.9 Å². The van der Waals surface area contributed by atoms with E-state index in [0.717, 1.165) is 49.4 Å². The van der Waals surface area contributed by atoms with Gasteiger partial charge in [0.2, 0.25) is 0 Å². The number of aryl methyl sites for hydroxylation is 1. The Labute approximate surface area is 158 Å². The number of aliphatic imine (C=N–C) groups is 1. The zero-order valence-electron chi connectivity index (χ0n) is 15.1. The number of aromatic nitrogens is 1. The summed E-state index contributed by atoms with van der Waals surface area (Å²) in [7, 11) is 5.89. The lowest BCUT2D eigenvalue weighted by Crippen LogP contribution is -2.43. The van der Waals surface area contributed by atoms with Gasteiger partial charge < -0.3 is 14.8 Å². The minimum Gasteiger partial charge on any atom is -0.355 e. The smallest absolute Gasteiger partial charge is 0.193 e. The highest BCUT2D eigenvalue weighted by atomic mass is 35.5. The second kappa shape index (κ2) is 8.25. The number of rotatable bonds is 5. The van der Waals surface area contributed by atoms with Crippen LogP contribution in [0.2, 0.25) is 5.02 Å². The molecule has 1 aliphatic rings. The highest BCUT2D eigenvalue weighted by Crippen LogP contribution is 2.23. The molecule has 0 saturated heterocycles. The first-order valence-corrected chi connectivity index (χ1v) is 9.82. The molecule has 0 fully saturated rings. The summed E-state index contributed by atoms with van der Waals surface area (Å²) >= 11 is 7.96. The third-order valence-corrected chi connectivity index (χ3v) is 5.87. The molecule has 25 heavy (non-hydrogen) atoms. The summed E-state index contributed by atoms with van der Waals surface area (Å²) in [4.78, 5) is 10.6. The van der Waals surface area contributed by atoms with Gasteiger partial charge in [-0.1, -0.05) is 11.6 Å². The first-order chi connectivity index (χ1) is 12.1. The van der Waals surface area contributed by atoms with Crippen molar-refractivity contribution in [2.75, 3.05) is 33.7 Å². The van der Waals surface area contributed by atoms with Gasteiger partial charge in [-0.3, -0.25) is 9.89 Å². The molecule has 0 bridgehead atoms. The van der Waals surface area contributed by atoms with Crippen LogP contribution in [0.3, 0.4) is 0 Å². The quantitative estimate of drug-likeness (QED) is 0.641. The summed E-state index contributed by atoms with van der Waals surface area (Å²) < 4.78 is 2.05. The SMILES string of the molecule is CN=C(NCCN1CCc2sccc2C1)N(C)Cc1cc(Cl)cn1C. The second-order valence-corrected chi connectivity index (χ2v) is 7.92. The summed E-state index contributed by atoms with van der Waals surface area (Å²) in [6.07, 6.45) is 3.10. The van der Waals surface area contributed by atoms with Gasteiger partial charge in [0.05, 0.1) is 11.6 Å². The van der Waals surface area contributed by atoms with Crippen molar-refractivity contribution < 1.29 is 0 Å². The number of thiophene rings is 1. The average Bonchev–Trinajstić information content (AvgIpc) is 3.17. The fourth-order valence-electron chi connectivity index (χ4n) is 3.25. The summed E-state index contributed by atoms with van der Waals surface area (Å²) in [5.74, 6) is 0.908. The van der Waals surface area contributed by atoms with E-state index < -0.39 is 0 Å². The van der Waals surface area contributed by atoms with E-state index in [0.29, 0.717) is 0 Å². The van der Waals surface area contributed by atoms with E-state index in [9.17, 15) is 0 Å². The van der Waals surface area contributed by atoms with Gasteiger partial charge in [0.25, 0.3) is 0 Å². The van der Waals surface area contributed by atoms with Gasteiger partial charge in [-0.05, 0) is 29.5 Å². The summed E-state index contributed by atoms with van der Waals surface area (Å²) in [6, 6.07) is 4.26. The van der Waals surface area contributed by atoms with Crippen molar-refractivity contribution in [2.45, 2.75) is 19.5 Å². The third kappa shape index (κ3) is 4.57. The molecule has 0 saturated carbocycles. The highest BCUT2D eigenvalue weighted by Gasteiger charge is 2.17. The Balaban J connectivity index is 1.47. The summed E-state index contributed by atoms with van der Waals surface area (Å²) in [6.45, 7) is 4.90. The van der Waals surface area contributed by atoms with Crippen LogP contribution in [-0.2, 0) is 26.6 Å². The third-order valence-electron chi connectivity index (χ3n) is 4.64. The average molecular weight is 380 g/mol. The maximum atomic E-state index is 6.07. The Morgan fingerprint density at radius 3 is 3.04 bits per heavy atom. The number of nitrogens with one attached hydrogen (secondary N) is 1. The van der Waals surface area contributed by atoms with Crippen LogP contribution in [-0.4, -0.2) is 54.1 Å². The maximum Gasteiger partial charge on any atom is 0.193 e. The van der Waals surface area contributed by atoms with Crippen molar-refractivity contribution in [2.24, 2.45) is 12.0 Å². The molecule has 0 radical (unpaired) electrons. The number of guanidine groups is 1. The number of halogens is 1. The number of nitrogens with zero attached hydrogens (tertiary/aromatic N) is 4. The van der Waals surface area contributed by atoms with Gasteiger partial charge in [-0.15, -0.1) is 11.3 Å². The molecule has 0 spiro atoms. The molecule has 2 aromatic rings. The first-order valence-electron chi connectivity index (χ1n) is 8.57. The monoisotopic (exact) mass is 379 g/mol. The second-order valence-electron chi connectivity index (χ2n) is 6.49. The predicted octanol–water partition coefficient (Wildman–Crippen LogP) is 2.81. The van der Waals surface area contributed by atoms with E-state index in [4.69, 9.17) is 11.6 Å². The van der Waals surface area contributed by atoms with E-state index in [-0.39, 0.29) is 0 Å². The highest BCUT2D eigenvalue weighted by molar-refractivity contribution is 7.10. The maximum absolute atomic E-state index is 6.07. The van der Waals surface area contributed by atoms with Crippen molar-refractivity contribution in [1.82, 2.24) is 19.7 Å². The molecule has 2 aromatic heterocycles. The van der Waals surface area contributed by atoms with Gasteiger partial charge in [-0.2, -0.15) is 0 Å². The van der Waals surface area contributed by atoms with Crippen LogP contribution in [0.4, 0.5) is 0 Å². The Kier molecular flexibility index (Phi) is 6.04. The minimum absolute atomic E-state index is 0.769. The normalized spacial score (nSPS) is 15.3. The van der Waals surface area contributed by atoms with Crippen LogP contribution in [0.1, 0.15) is 16.1 Å². The topological polar surface area (TPSA) is 35.8 Å². The summed E-state index contributed by atoms with van der Waals surface area (Å²) in [5, 5.41) is 6.45. The number of hydrogen-bond acceptors (Lipinski definition) is 3. The van der Waals surface area contributed by atoms with E-state index in [2.05, 4.69) is 43.2 Å². The van der Waals surface area contributed by atoms with Gasteiger partial charge >= 0.3 is 0 Å². The molecule has 5 nitrogen and oxygen atoms in total. The largest absolute Gasteiger partial charge is 0.355 e. The zero-order chi connectivity index (χ0) is 17.8. The van der Waals surface area contributed by atoms with Crippen LogP contribution in [0.15, 0.2) is 28.7 Å². The van der Waals surface area contributed by atoms with Gasteiger partial charge in [-0.25, -0.2) is 0 Å². The van der Waals surface area contributed by atoms with Gasteiger partial charge in [0.1, 0.15) is 0 Å². The zero-order valence-corrected chi connectivity index (χ0v) is 16.7. The molecular weight excluding hydrogens is 354 g/mol. The Hall–Kier alpha value is -1.50. The number of hydrogen-bond donors (Lipinski definition) is 1. The van der Waals surface area contributed by atoms with Crippen LogP contribution in [0, 0.1) is 0 Å². The van der Waals surface area contributed by atoms with Crippen LogP contribution >= 0.6 is 22.9 Å². The van der Waals surface area contributed by atoms with Crippen molar-refractivity contribution in [3.8, 4) is 0 Å².